The SMILES string of the molecule is CCC(N)C(Sc1nc2ccc(C)cc2[nH]1)c1ccco1. The molecule has 21 heavy (non-hydrogen) atoms. The Bertz CT molecular complexity index is 720. The topological polar surface area (TPSA) is 67.8 Å². The average molecular weight is 301 g/mol. The number of rotatable bonds is 5. The van der Waals surface area contributed by atoms with Gasteiger partial charge in [-0.25, -0.2) is 4.98 Å². The number of nitrogens with two attached hydrogens (primary N) is 1. The molecule has 0 saturated carbocycles. The average Bonchev–Trinajstić information content (AvgIpc) is 3.12. The second kappa shape index (κ2) is 5.95. The van der Waals surface area contributed by atoms with Crippen LogP contribution in [-0.2, 0) is 0 Å². The van der Waals surface area contributed by atoms with Crippen molar-refractivity contribution in [2.24, 2.45) is 5.73 Å². The van der Waals surface area contributed by atoms with Gasteiger partial charge in [-0.1, -0.05) is 24.8 Å². The summed E-state index contributed by atoms with van der Waals surface area (Å²) in [6, 6.07) is 10.1. The molecule has 0 bridgehead atoms. The first-order valence-corrected chi connectivity index (χ1v) is 7.97. The predicted octanol–water partition coefficient (Wildman–Crippen LogP) is 4.04. The Morgan fingerprint density at radius 3 is 2.95 bits per heavy atom. The molecule has 4 nitrogen and oxygen atoms in total. The summed E-state index contributed by atoms with van der Waals surface area (Å²) < 4.78 is 5.54. The van der Waals surface area contributed by atoms with Crippen molar-refractivity contribution in [1.82, 2.24) is 9.97 Å². The van der Waals surface area contributed by atoms with E-state index in [9.17, 15) is 0 Å². The molecule has 0 amide bonds. The third kappa shape index (κ3) is 2.99. The van der Waals surface area contributed by atoms with Crippen molar-refractivity contribution in [1.29, 1.82) is 0 Å². The maximum atomic E-state index is 6.25. The largest absolute Gasteiger partial charge is 0.468 e. The van der Waals surface area contributed by atoms with E-state index in [1.807, 2.05) is 18.2 Å². The molecule has 0 aliphatic carbocycles. The molecule has 0 fully saturated rings. The Balaban J connectivity index is 1.90. The highest BCUT2D eigenvalue weighted by Crippen LogP contribution is 2.37. The minimum Gasteiger partial charge on any atom is -0.468 e. The van der Waals surface area contributed by atoms with Crippen LogP contribution >= 0.6 is 11.8 Å². The van der Waals surface area contributed by atoms with Crippen LogP contribution in [0.25, 0.3) is 11.0 Å². The number of hydrogen-bond acceptors (Lipinski definition) is 4. The van der Waals surface area contributed by atoms with Gasteiger partial charge >= 0.3 is 0 Å². The normalized spacial score (nSPS) is 14.4. The Hall–Kier alpha value is -1.72. The fraction of sp³-hybridized carbons (Fsp3) is 0.312. The summed E-state index contributed by atoms with van der Waals surface area (Å²) in [5.74, 6) is 0.894. The van der Waals surface area contributed by atoms with Gasteiger partial charge in [-0.15, -0.1) is 0 Å². The minimum absolute atomic E-state index is 0.0242. The third-order valence-electron chi connectivity index (χ3n) is 3.54. The number of nitrogens with zero attached hydrogens (tertiary/aromatic N) is 1. The fourth-order valence-electron chi connectivity index (χ4n) is 2.30. The van der Waals surface area contributed by atoms with E-state index in [4.69, 9.17) is 10.2 Å². The zero-order valence-corrected chi connectivity index (χ0v) is 13.0. The van der Waals surface area contributed by atoms with Crippen LogP contribution in [0.2, 0.25) is 0 Å². The lowest BCUT2D eigenvalue weighted by Crippen LogP contribution is -2.25. The molecule has 0 spiro atoms. The van der Waals surface area contributed by atoms with Gasteiger partial charge in [0, 0.05) is 6.04 Å². The van der Waals surface area contributed by atoms with Crippen LogP contribution in [0.15, 0.2) is 46.2 Å². The molecule has 0 saturated heterocycles. The number of furan rings is 1. The first-order chi connectivity index (χ1) is 10.2. The second-order valence-corrected chi connectivity index (χ2v) is 6.32. The Morgan fingerprint density at radius 2 is 2.24 bits per heavy atom. The molecule has 2 unspecified atom stereocenters. The van der Waals surface area contributed by atoms with Crippen molar-refractivity contribution in [2.75, 3.05) is 0 Å². The Kier molecular flexibility index (Phi) is 4.03. The summed E-state index contributed by atoms with van der Waals surface area (Å²) in [6.45, 7) is 4.16. The van der Waals surface area contributed by atoms with Crippen molar-refractivity contribution in [2.45, 2.75) is 36.7 Å². The summed E-state index contributed by atoms with van der Waals surface area (Å²) in [7, 11) is 0. The van der Waals surface area contributed by atoms with Gasteiger partial charge in [0.1, 0.15) is 5.76 Å². The first-order valence-electron chi connectivity index (χ1n) is 7.09. The van der Waals surface area contributed by atoms with Gasteiger partial charge < -0.3 is 15.1 Å². The number of fused-ring (bicyclic) bond motifs is 1. The van der Waals surface area contributed by atoms with E-state index in [0.717, 1.165) is 28.4 Å². The molecule has 0 aliphatic rings. The molecular weight excluding hydrogens is 282 g/mol. The maximum Gasteiger partial charge on any atom is 0.167 e. The van der Waals surface area contributed by atoms with Crippen molar-refractivity contribution >= 4 is 22.8 Å². The van der Waals surface area contributed by atoms with Crippen molar-refractivity contribution in [3.05, 3.63) is 47.9 Å². The van der Waals surface area contributed by atoms with E-state index in [0.29, 0.717) is 0 Å². The van der Waals surface area contributed by atoms with E-state index in [2.05, 4.69) is 35.9 Å². The molecule has 2 heterocycles. The Morgan fingerprint density at radius 1 is 1.38 bits per heavy atom. The monoisotopic (exact) mass is 301 g/mol. The fourth-order valence-corrected chi connectivity index (χ4v) is 3.48. The standard InChI is InChI=1S/C16H19N3OS/c1-3-11(17)15(14-5-4-8-20-14)21-16-18-12-7-6-10(2)9-13(12)19-16/h4-9,11,15H,3,17H2,1-2H3,(H,18,19). The molecule has 3 rings (SSSR count). The smallest absolute Gasteiger partial charge is 0.167 e. The highest BCUT2D eigenvalue weighted by molar-refractivity contribution is 7.99. The molecular formula is C16H19N3OS. The van der Waals surface area contributed by atoms with E-state index in [1.54, 1.807) is 18.0 Å². The highest BCUT2D eigenvalue weighted by Gasteiger charge is 2.24. The molecule has 110 valence electrons. The molecule has 1 aromatic carbocycles. The number of H-pyrrole nitrogens is 1. The van der Waals surface area contributed by atoms with Gasteiger partial charge in [-0.3, -0.25) is 0 Å². The molecule has 3 N–H and O–H groups in total. The van der Waals surface area contributed by atoms with Crippen molar-refractivity contribution in [3.63, 3.8) is 0 Å². The highest BCUT2D eigenvalue weighted by atomic mass is 32.2. The summed E-state index contributed by atoms with van der Waals surface area (Å²) >= 11 is 1.63. The molecule has 5 heteroatoms. The summed E-state index contributed by atoms with van der Waals surface area (Å²) in [6.07, 6.45) is 2.57. The van der Waals surface area contributed by atoms with Gasteiger partial charge in [0.15, 0.2) is 5.16 Å². The molecule has 2 atom stereocenters. The van der Waals surface area contributed by atoms with Gasteiger partial charge in [0.2, 0.25) is 0 Å². The van der Waals surface area contributed by atoms with Gasteiger partial charge in [0.25, 0.3) is 0 Å². The van der Waals surface area contributed by atoms with Crippen LogP contribution in [0.3, 0.4) is 0 Å². The lowest BCUT2D eigenvalue weighted by atomic mass is 10.1. The van der Waals surface area contributed by atoms with Crippen LogP contribution in [0.5, 0.6) is 0 Å². The lowest BCUT2D eigenvalue weighted by Gasteiger charge is -2.18. The van der Waals surface area contributed by atoms with Gasteiger partial charge in [0.05, 0.1) is 22.5 Å². The predicted molar refractivity (Wildman–Crippen MR) is 86.4 cm³/mol. The summed E-state index contributed by atoms with van der Waals surface area (Å²) in [5, 5.41) is 0.938. The van der Waals surface area contributed by atoms with E-state index >= 15 is 0 Å². The van der Waals surface area contributed by atoms with E-state index in [1.165, 1.54) is 5.56 Å². The van der Waals surface area contributed by atoms with Gasteiger partial charge in [-0.2, -0.15) is 0 Å². The molecule has 0 radical (unpaired) electrons. The second-order valence-electron chi connectivity index (χ2n) is 5.19. The minimum atomic E-state index is 0.0242. The van der Waals surface area contributed by atoms with E-state index in [-0.39, 0.29) is 11.3 Å². The zero-order valence-electron chi connectivity index (χ0n) is 12.2. The number of aromatic nitrogens is 2. The van der Waals surface area contributed by atoms with Crippen LogP contribution in [0, 0.1) is 6.92 Å². The lowest BCUT2D eigenvalue weighted by molar-refractivity contribution is 0.473. The maximum absolute atomic E-state index is 6.25. The molecule has 0 aliphatic heterocycles. The summed E-state index contributed by atoms with van der Waals surface area (Å²) in [5.41, 5.74) is 9.50. The van der Waals surface area contributed by atoms with Crippen LogP contribution < -0.4 is 5.73 Å². The molecule has 2 aromatic heterocycles. The third-order valence-corrected chi connectivity index (χ3v) is 4.79. The number of aromatic amines is 1. The number of imidazole rings is 1. The molecule has 3 aromatic rings. The van der Waals surface area contributed by atoms with Crippen LogP contribution in [0.4, 0.5) is 0 Å². The number of hydrogen-bond donors (Lipinski definition) is 2. The van der Waals surface area contributed by atoms with E-state index < -0.39 is 0 Å². The van der Waals surface area contributed by atoms with Crippen LogP contribution in [-0.4, -0.2) is 16.0 Å². The number of nitrogens with one attached hydrogen (secondary N) is 1. The van der Waals surface area contributed by atoms with Crippen molar-refractivity contribution < 1.29 is 4.42 Å². The zero-order chi connectivity index (χ0) is 14.8. The van der Waals surface area contributed by atoms with Crippen LogP contribution in [0.1, 0.15) is 29.9 Å². The number of thioether (sulfide) groups is 1. The first kappa shape index (κ1) is 14.2. The quantitative estimate of drug-likeness (QED) is 0.698. The summed E-state index contributed by atoms with van der Waals surface area (Å²) in [4.78, 5) is 7.99. The Labute approximate surface area is 128 Å². The van der Waals surface area contributed by atoms with Crippen molar-refractivity contribution in [3.8, 4) is 0 Å². The number of benzene rings is 1. The van der Waals surface area contributed by atoms with Gasteiger partial charge in [-0.05, 0) is 43.2 Å². The number of aryl methyl sites for hydroxylation is 1.